The van der Waals surface area contributed by atoms with E-state index < -0.39 is 0 Å². The highest BCUT2D eigenvalue weighted by Gasteiger charge is 2.29. The lowest BCUT2D eigenvalue weighted by molar-refractivity contribution is 0.409. The maximum Gasteiger partial charge on any atom is 0.121 e. The van der Waals surface area contributed by atoms with Crippen LogP contribution in [0.3, 0.4) is 0 Å². The van der Waals surface area contributed by atoms with Gasteiger partial charge in [0.25, 0.3) is 0 Å². The summed E-state index contributed by atoms with van der Waals surface area (Å²) in [6.45, 7) is 8.83. The monoisotopic (exact) mass is 326 g/mol. The molecule has 2 aromatic rings. The normalized spacial score (nSPS) is 11.4. The molecule has 0 unspecified atom stereocenters. The summed E-state index contributed by atoms with van der Waals surface area (Å²) in [6.07, 6.45) is 3.52. The van der Waals surface area contributed by atoms with Crippen molar-refractivity contribution in [2.24, 2.45) is 0 Å². The molecule has 0 spiro atoms. The third-order valence-corrected chi connectivity index (χ3v) is 5.09. The van der Waals surface area contributed by atoms with Gasteiger partial charge < -0.3 is 9.47 Å². The standard InChI is InChI=1S/C22H30O2/c1-7-8-13-22(4,18-9-11-20(23-5)16(2)14-18)19-10-12-21(24-6)17(3)15-19/h9-12,14-15H,7-8,13H2,1-6H3. The number of methoxy groups -OCH3 is 2. The van der Waals surface area contributed by atoms with Gasteiger partial charge in [0, 0.05) is 5.41 Å². The molecule has 0 atom stereocenters. The molecule has 0 aliphatic heterocycles. The van der Waals surface area contributed by atoms with E-state index in [1.54, 1.807) is 14.2 Å². The summed E-state index contributed by atoms with van der Waals surface area (Å²) in [5, 5.41) is 0. The predicted molar refractivity (Wildman–Crippen MR) is 101 cm³/mol. The van der Waals surface area contributed by atoms with Crippen molar-refractivity contribution in [2.45, 2.75) is 52.4 Å². The molecule has 0 N–H and O–H groups in total. The Kier molecular flexibility index (Phi) is 5.93. The van der Waals surface area contributed by atoms with Gasteiger partial charge in [0.05, 0.1) is 14.2 Å². The van der Waals surface area contributed by atoms with E-state index in [4.69, 9.17) is 9.47 Å². The highest BCUT2D eigenvalue weighted by molar-refractivity contribution is 5.47. The highest BCUT2D eigenvalue weighted by atomic mass is 16.5. The second kappa shape index (κ2) is 7.74. The van der Waals surface area contributed by atoms with E-state index in [-0.39, 0.29) is 5.41 Å². The Morgan fingerprint density at radius 3 is 1.62 bits per heavy atom. The Balaban J connectivity index is 2.53. The maximum absolute atomic E-state index is 5.43. The lowest BCUT2D eigenvalue weighted by Gasteiger charge is -2.32. The SMILES string of the molecule is CCCCC(C)(c1ccc(OC)c(C)c1)c1ccc(OC)c(C)c1. The van der Waals surface area contributed by atoms with Crippen molar-refractivity contribution >= 4 is 0 Å². The number of benzene rings is 2. The molecule has 0 saturated heterocycles. The first-order chi connectivity index (χ1) is 11.5. The van der Waals surface area contributed by atoms with Crippen LogP contribution in [0.25, 0.3) is 0 Å². The zero-order chi connectivity index (χ0) is 17.7. The molecule has 2 aromatic carbocycles. The average molecular weight is 326 g/mol. The lowest BCUT2D eigenvalue weighted by Crippen LogP contribution is -2.24. The van der Waals surface area contributed by atoms with Crippen LogP contribution in [-0.2, 0) is 5.41 Å². The molecule has 24 heavy (non-hydrogen) atoms. The summed E-state index contributed by atoms with van der Waals surface area (Å²) in [5.74, 6) is 1.89. The third kappa shape index (κ3) is 3.58. The van der Waals surface area contributed by atoms with Gasteiger partial charge in [-0.15, -0.1) is 0 Å². The summed E-state index contributed by atoms with van der Waals surface area (Å²) in [5.41, 5.74) is 5.05. The van der Waals surface area contributed by atoms with Crippen molar-refractivity contribution < 1.29 is 9.47 Å². The molecule has 0 bridgehead atoms. The van der Waals surface area contributed by atoms with Crippen LogP contribution in [0.15, 0.2) is 36.4 Å². The second-order valence-corrected chi connectivity index (χ2v) is 6.80. The van der Waals surface area contributed by atoms with Crippen molar-refractivity contribution in [3.05, 3.63) is 58.7 Å². The molecule has 2 rings (SSSR count). The molecule has 0 aliphatic rings. The Morgan fingerprint density at radius 2 is 1.29 bits per heavy atom. The molecule has 2 heteroatoms. The molecule has 0 radical (unpaired) electrons. The van der Waals surface area contributed by atoms with Crippen LogP contribution in [0.1, 0.15) is 55.4 Å². The summed E-state index contributed by atoms with van der Waals surface area (Å²) in [4.78, 5) is 0. The Bertz CT molecular complexity index is 635. The lowest BCUT2D eigenvalue weighted by atomic mass is 9.72. The van der Waals surface area contributed by atoms with Gasteiger partial charge in [0.2, 0.25) is 0 Å². The number of aryl methyl sites for hydroxylation is 2. The Hall–Kier alpha value is -1.96. The number of ether oxygens (including phenoxy) is 2. The van der Waals surface area contributed by atoms with Crippen LogP contribution in [-0.4, -0.2) is 14.2 Å². The number of rotatable bonds is 7. The van der Waals surface area contributed by atoms with Crippen LogP contribution in [0.2, 0.25) is 0 Å². The van der Waals surface area contributed by atoms with Gasteiger partial charge in [-0.3, -0.25) is 0 Å². The van der Waals surface area contributed by atoms with Crippen molar-refractivity contribution in [1.29, 1.82) is 0 Å². The smallest absolute Gasteiger partial charge is 0.121 e. The van der Waals surface area contributed by atoms with Crippen molar-refractivity contribution in [3.63, 3.8) is 0 Å². The highest BCUT2D eigenvalue weighted by Crippen LogP contribution is 2.39. The van der Waals surface area contributed by atoms with E-state index in [1.165, 1.54) is 35.1 Å². The summed E-state index contributed by atoms with van der Waals surface area (Å²) < 4.78 is 10.9. The van der Waals surface area contributed by atoms with E-state index in [2.05, 4.69) is 64.1 Å². The fraction of sp³-hybridized carbons (Fsp3) is 0.455. The molecule has 130 valence electrons. The first-order valence-electron chi connectivity index (χ1n) is 8.76. The first-order valence-corrected chi connectivity index (χ1v) is 8.76. The van der Waals surface area contributed by atoms with Gasteiger partial charge in [-0.1, -0.05) is 51.0 Å². The molecular weight excluding hydrogens is 296 g/mol. The van der Waals surface area contributed by atoms with Crippen LogP contribution in [0.5, 0.6) is 11.5 Å². The van der Waals surface area contributed by atoms with Crippen LogP contribution in [0.4, 0.5) is 0 Å². The minimum Gasteiger partial charge on any atom is -0.496 e. The van der Waals surface area contributed by atoms with Crippen molar-refractivity contribution in [2.75, 3.05) is 14.2 Å². The van der Waals surface area contributed by atoms with Gasteiger partial charge in [-0.2, -0.15) is 0 Å². The third-order valence-electron chi connectivity index (χ3n) is 5.09. The van der Waals surface area contributed by atoms with E-state index >= 15 is 0 Å². The Morgan fingerprint density at radius 1 is 0.833 bits per heavy atom. The second-order valence-electron chi connectivity index (χ2n) is 6.80. The maximum atomic E-state index is 5.43. The van der Waals surface area contributed by atoms with Crippen molar-refractivity contribution in [3.8, 4) is 11.5 Å². The summed E-state index contributed by atoms with van der Waals surface area (Å²) in [6, 6.07) is 13.1. The minimum absolute atomic E-state index is 0.00985. The van der Waals surface area contributed by atoms with E-state index in [0.717, 1.165) is 17.9 Å². The molecule has 0 heterocycles. The molecule has 0 aromatic heterocycles. The molecular formula is C22H30O2. The quantitative estimate of drug-likeness (QED) is 0.638. The summed E-state index contributed by atoms with van der Waals surface area (Å²) >= 11 is 0. The molecule has 0 amide bonds. The van der Waals surface area contributed by atoms with Crippen LogP contribution in [0, 0.1) is 13.8 Å². The van der Waals surface area contributed by atoms with Crippen LogP contribution >= 0.6 is 0 Å². The van der Waals surface area contributed by atoms with Gasteiger partial charge in [-0.05, 0) is 54.7 Å². The number of hydrogen-bond donors (Lipinski definition) is 0. The molecule has 0 fully saturated rings. The van der Waals surface area contributed by atoms with Gasteiger partial charge in [0.1, 0.15) is 11.5 Å². The van der Waals surface area contributed by atoms with E-state index in [0.29, 0.717) is 0 Å². The summed E-state index contributed by atoms with van der Waals surface area (Å²) in [7, 11) is 3.45. The first kappa shape index (κ1) is 18.4. The topological polar surface area (TPSA) is 18.5 Å². The Labute approximate surface area is 146 Å². The van der Waals surface area contributed by atoms with Gasteiger partial charge >= 0.3 is 0 Å². The van der Waals surface area contributed by atoms with Gasteiger partial charge in [0.15, 0.2) is 0 Å². The number of hydrogen-bond acceptors (Lipinski definition) is 2. The number of unbranched alkanes of at least 4 members (excludes halogenated alkanes) is 1. The fourth-order valence-corrected chi connectivity index (χ4v) is 3.43. The molecule has 0 saturated carbocycles. The zero-order valence-electron chi connectivity index (χ0n) is 15.9. The zero-order valence-corrected chi connectivity index (χ0v) is 15.9. The van der Waals surface area contributed by atoms with E-state index in [9.17, 15) is 0 Å². The van der Waals surface area contributed by atoms with E-state index in [1.807, 2.05) is 0 Å². The predicted octanol–water partition coefficient (Wildman–Crippen LogP) is 5.82. The average Bonchev–Trinajstić information content (AvgIpc) is 2.59. The largest absolute Gasteiger partial charge is 0.496 e. The van der Waals surface area contributed by atoms with Crippen LogP contribution < -0.4 is 9.47 Å². The van der Waals surface area contributed by atoms with Gasteiger partial charge in [-0.25, -0.2) is 0 Å². The molecule has 0 aliphatic carbocycles. The van der Waals surface area contributed by atoms with Crippen molar-refractivity contribution in [1.82, 2.24) is 0 Å². The molecule has 2 nitrogen and oxygen atoms in total. The fourth-order valence-electron chi connectivity index (χ4n) is 3.43. The minimum atomic E-state index is -0.00985.